The number of fused-ring (bicyclic) bond motifs is 1. The molecule has 3 nitrogen and oxygen atoms in total. The van der Waals surface area contributed by atoms with E-state index in [4.69, 9.17) is 10.8 Å². The van der Waals surface area contributed by atoms with Crippen LogP contribution >= 0.6 is 0 Å². The minimum Gasteiger partial charge on any atom is -0.400 e. The lowest BCUT2D eigenvalue weighted by Gasteiger charge is -2.08. The first-order valence-corrected chi connectivity index (χ1v) is 5.28. The number of nitrogens with two attached hydrogens (primary N) is 1. The van der Waals surface area contributed by atoms with Gasteiger partial charge in [-0.1, -0.05) is 36.4 Å². The fourth-order valence-corrected chi connectivity index (χ4v) is 1.59. The van der Waals surface area contributed by atoms with Gasteiger partial charge in [0.1, 0.15) is 0 Å². The van der Waals surface area contributed by atoms with Crippen molar-refractivity contribution in [2.75, 3.05) is 25.5 Å². The van der Waals surface area contributed by atoms with Crippen molar-refractivity contribution < 1.29 is 5.11 Å². The molecule has 0 saturated heterocycles. The molecule has 4 N–H and O–H groups in total. The van der Waals surface area contributed by atoms with E-state index in [0.717, 1.165) is 19.3 Å². The SMILES string of the molecule is CO.NCCNc1cccc2ccccc12. The molecule has 0 aliphatic heterocycles. The first kappa shape index (κ1) is 12.5. The third-order valence-electron chi connectivity index (χ3n) is 2.25. The third kappa shape index (κ3) is 2.95. The normalized spacial score (nSPS) is 9.44. The maximum Gasteiger partial charge on any atom is 0.0420 e. The van der Waals surface area contributed by atoms with E-state index in [2.05, 4.69) is 47.8 Å². The summed E-state index contributed by atoms with van der Waals surface area (Å²) in [6.45, 7) is 1.47. The molecule has 0 heterocycles. The Bertz CT molecular complexity index is 424. The standard InChI is InChI=1S/C12H14N2.CH4O/c13-8-9-14-12-7-3-5-10-4-1-2-6-11(10)12;1-2/h1-7,14H,8-9,13H2;2H,1H3. The number of hydrogen-bond donors (Lipinski definition) is 3. The summed E-state index contributed by atoms with van der Waals surface area (Å²) in [4.78, 5) is 0. The summed E-state index contributed by atoms with van der Waals surface area (Å²) in [7, 11) is 1.00. The minimum absolute atomic E-state index is 0.656. The van der Waals surface area contributed by atoms with Gasteiger partial charge in [-0.05, 0) is 11.5 Å². The van der Waals surface area contributed by atoms with Crippen molar-refractivity contribution in [3.05, 3.63) is 42.5 Å². The van der Waals surface area contributed by atoms with Crippen LogP contribution in [0.5, 0.6) is 0 Å². The number of benzene rings is 2. The van der Waals surface area contributed by atoms with Crippen LogP contribution in [0.3, 0.4) is 0 Å². The van der Waals surface area contributed by atoms with Crippen LogP contribution in [0.1, 0.15) is 0 Å². The molecule has 0 fully saturated rings. The topological polar surface area (TPSA) is 58.3 Å². The van der Waals surface area contributed by atoms with Crippen LogP contribution in [0.15, 0.2) is 42.5 Å². The molecule has 86 valence electrons. The van der Waals surface area contributed by atoms with E-state index in [9.17, 15) is 0 Å². The number of anilines is 1. The van der Waals surface area contributed by atoms with Crippen LogP contribution in [0.4, 0.5) is 5.69 Å². The van der Waals surface area contributed by atoms with Crippen LogP contribution in [0, 0.1) is 0 Å². The predicted octanol–water partition coefficient (Wildman–Crippen LogP) is 1.82. The molecule has 0 unspecified atom stereocenters. The second kappa shape index (κ2) is 6.82. The lowest BCUT2D eigenvalue weighted by atomic mass is 10.1. The predicted molar refractivity (Wildman–Crippen MR) is 69.6 cm³/mol. The third-order valence-corrected chi connectivity index (χ3v) is 2.25. The highest BCUT2D eigenvalue weighted by Crippen LogP contribution is 2.22. The van der Waals surface area contributed by atoms with Crippen molar-refractivity contribution in [2.45, 2.75) is 0 Å². The molecule has 0 aliphatic rings. The molecule has 0 bridgehead atoms. The Hall–Kier alpha value is -1.58. The van der Waals surface area contributed by atoms with E-state index >= 15 is 0 Å². The highest BCUT2D eigenvalue weighted by molar-refractivity contribution is 5.93. The zero-order chi connectivity index (χ0) is 11.8. The van der Waals surface area contributed by atoms with Crippen molar-refractivity contribution in [2.24, 2.45) is 5.73 Å². The van der Waals surface area contributed by atoms with Crippen molar-refractivity contribution in [3.63, 3.8) is 0 Å². The van der Waals surface area contributed by atoms with E-state index in [0.29, 0.717) is 6.54 Å². The number of rotatable bonds is 3. The van der Waals surface area contributed by atoms with Gasteiger partial charge in [0.15, 0.2) is 0 Å². The Labute approximate surface area is 95.9 Å². The molecular formula is C13H18N2O. The molecule has 0 radical (unpaired) electrons. The van der Waals surface area contributed by atoms with Gasteiger partial charge in [0.2, 0.25) is 0 Å². The Morgan fingerprint density at radius 3 is 2.50 bits per heavy atom. The second-order valence-corrected chi connectivity index (χ2v) is 3.24. The smallest absolute Gasteiger partial charge is 0.0420 e. The van der Waals surface area contributed by atoms with Crippen LogP contribution in [-0.2, 0) is 0 Å². The first-order chi connectivity index (χ1) is 7.92. The summed E-state index contributed by atoms with van der Waals surface area (Å²) in [5.74, 6) is 0. The number of aliphatic hydroxyl groups excluding tert-OH is 1. The van der Waals surface area contributed by atoms with Crippen molar-refractivity contribution in [1.82, 2.24) is 0 Å². The summed E-state index contributed by atoms with van der Waals surface area (Å²) < 4.78 is 0. The highest BCUT2D eigenvalue weighted by atomic mass is 16.2. The van der Waals surface area contributed by atoms with Gasteiger partial charge < -0.3 is 16.2 Å². The number of hydrogen-bond acceptors (Lipinski definition) is 3. The summed E-state index contributed by atoms with van der Waals surface area (Å²) in [5.41, 5.74) is 6.62. The zero-order valence-electron chi connectivity index (χ0n) is 9.48. The molecule has 3 heteroatoms. The van der Waals surface area contributed by atoms with Crippen LogP contribution in [0.25, 0.3) is 10.8 Å². The molecule has 0 aromatic heterocycles. The van der Waals surface area contributed by atoms with Crippen LogP contribution in [0.2, 0.25) is 0 Å². The average Bonchev–Trinajstić information content (AvgIpc) is 2.38. The van der Waals surface area contributed by atoms with Crippen LogP contribution in [-0.4, -0.2) is 25.3 Å². The summed E-state index contributed by atoms with van der Waals surface area (Å²) >= 11 is 0. The van der Waals surface area contributed by atoms with E-state index in [1.165, 1.54) is 10.8 Å². The monoisotopic (exact) mass is 218 g/mol. The molecule has 2 rings (SSSR count). The molecule has 16 heavy (non-hydrogen) atoms. The van der Waals surface area contributed by atoms with Gasteiger partial charge in [-0.25, -0.2) is 0 Å². The van der Waals surface area contributed by atoms with E-state index in [1.54, 1.807) is 0 Å². The molecule has 2 aromatic carbocycles. The van der Waals surface area contributed by atoms with Crippen molar-refractivity contribution in [1.29, 1.82) is 0 Å². The molecule has 0 spiro atoms. The Balaban J connectivity index is 0.000000606. The minimum atomic E-state index is 0.656. The summed E-state index contributed by atoms with van der Waals surface area (Å²) in [6, 6.07) is 14.6. The molecule has 0 aliphatic carbocycles. The van der Waals surface area contributed by atoms with Gasteiger partial charge in [0, 0.05) is 31.3 Å². The van der Waals surface area contributed by atoms with E-state index in [1.807, 2.05) is 0 Å². The van der Waals surface area contributed by atoms with Crippen LogP contribution < -0.4 is 11.1 Å². The Morgan fingerprint density at radius 2 is 1.75 bits per heavy atom. The van der Waals surface area contributed by atoms with Gasteiger partial charge in [0.25, 0.3) is 0 Å². The maximum atomic E-state index is 7.00. The highest BCUT2D eigenvalue weighted by Gasteiger charge is 1.97. The number of nitrogens with one attached hydrogen (secondary N) is 1. The van der Waals surface area contributed by atoms with Gasteiger partial charge in [-0.2, -0.15) is 0 Å². The Morgan fingerprint density at radius 1 is 1.06 bits per heavy atom. The zero-order valence-corrected chi connectivity index (χ0v) is 9.48. The molecule has 0 atom stereocenters. The number of aliphatic hydroxyl groups is 1. The van der Waals surface area contributed by atoms with E-state index in [-0.39, 0.29) is 0 Å². The quantitative estimate of drug-likeness (QED) is 0.736. The lowest BCUT2D eigenvalue weighted by Crippen LogP contribution is -2.13. The first-order valence-electron chi connectivity index (χ1n) is 5.28. The Kier molecular flexibility index (Phi) is 5.32. The average molecular weight is 218 g/mol. The lowest BCUT2D eigenvalue weighted by molar-refractivity contribution is 0.399. The fourth-order valence-electron chi connectivity index (χ4n) is 1.59. The molecule has 2 aromatic rings. The van der Waals surface area contributed by atoms with Gasteiger partial charge in [-0.3, -0.25) is 0 Å². The molecule has 0 saturated carbocycles. The molecule has 0 amide bonds. The van der Waals surface area contributed by atoms with Gasteiger partial charge in [0.05, 0.1) is 0 Å². The maximum absolute atomic E-state index is 7.00. The summed E-state index contributed by atoms with van der Waals surface area (Å²) in [5, 5.41) is 12.8. The largest absolute Gasteiger partial charge is 0.400 e. The fraction of sp³-hybridized carbons (Fsp3) is 0.231. The van der Waals surface area contributed by atoms with Gasteiger partial charge >= 0.3 is 0 Å². The summed E-state index contributed by atoms with van der Waals surface area (Å²) in [6.07, 6.45) is 0. The second-order valence-electron chi connectivity index (χ2n) is 3.24. The molecular weight excluding hydrogens is 200 g/mol. The van der Waals surface area contributed by atoms with Gasteiger partial charge in [-0.15, -0.1) is 0 Å². The van der Waals surface area contributed by atoms with E-state index < -0.39 is 0 Å². The van der Waals surface area contributed by atoms with Crippen molar-refractivity contribution >= 4 is 16.5 Å². The van der Waals surface area contributed by atoms with Crippen molar-refractivity contribution in [3.8, 4) is 0 Å².